The second-order valence-electron chi connectivity index (χ2n) is 3.38. The third-order valence-electron chi connectivity index (χ3n) is 2.03. The average Bonchev–Trinajstić information content (AvgIpc) is 2.26. The van der Waals surface area contributed by atoms with Crippen molar-refractivity contribution in [1.82, 2.24) is 4.72 Å². The van der Waals surface area contributed by atoms with Gasteiger partial charge >= 0.3 is 5.97 Å². The van der Waals surface area contributed by atoms with E-state index < -0.39 is 34.0 Å². The largest absolute Gasteiger partial charge is 0.481 e. The van der Waals surface area contributed by atoms with Gasteiger partial charge in [-0.3, -0.25) is 4.79 Å². The number of hydrogen-bond donors (Lipinski definition) is 2. The molecule has 0 heterocycles. The Balaban J connectivity index is 2.56. The lowest BCUT2D eigenvalue weighted by Crippen LogP contribution is -2.27. The van der Waals surface area contributed by atoms with Gasteiger partial charge in [0.1, 0.15) is 5.82 Å². The highest BCUT2D eigenvalue weighted by molar-refractivity contribution is 7.89. The maximum absolute atomic E-state index is 13.1. The first-order chi connectivity index (χ1) is 7.91. The molecule has 2 N–H and O–H groups in total. The molecular weight excluding hydrogens is 249 g/mol. The van der Waals surface area contributed by atoms with Crippen LogP contribution in [0.1, 0.15) is 12.0 Å². The van der Waals surface area contributed by atoms with Gasteiger partial charge in [-0.15, -0.1) is 0 Å². The quantitative estimate of drug-likeness (QED) is 0.790. The fourth-order valence-corrected chi connectivity index (χ4v) is 2.09. The number of nitrogens with one attached hydrogen (secondary N) is 1. The Bertz CT molecular complexity index is 501. The molecule has 0 aliphatic heterocycles. The molecule has 0 atom stereocenters. The minimum absolute atomic E-state index is 0.186. The number of carbonyl (C=O) groups is 1. The average molecular weight is 261 g/mol. The van der Waals surface area contributed by atoms with E-state index in [2.05, 4.69) is 4.72 Å². The molecule has 7 heteroatoms. The van der Waals surface area contributed by atoms with Gasteiger partial charge in [-0.2, -0.15) is 0 Å². The topological polar surface area (TPSA) is 83.5 Å². The Morgan fingerprint density at radius 1 is 1.35 bits per heavy atom. The molecule has 0 aliphatic carbocycles. The molecule has 0 bridgehead atoms. The number of benzene rings is 1. The van der Waals surface area contributed by atoms with Crippen molar-refractivity contribution in [3.05, 3.63) is 35.6 Å². The summed E-state index contributed by atoms with van der Waals surface area (Å²) in [5, 5.41) is 8.35. The molecule has 0 fully saturated rings. The number of halogens is 1. The van der Waals surface area contributed by atoms with Gasteiger partial charge in [0, 0.05) is 12.1 Å². The molecule has 94 valence electrons. The van der Waals surface area contributed by atoms with Gasteiger partial charge in [-0.25, -0.2) is 17.5 Å². The van der Waals surface area contributed by atoms with Crippen LogP contribution in [-0.4, -0.2) is 25.2 Å². The molecule has 0 saturated carbocycles. The Hall–Kier alpha value is -1.47. The minimum atomic E-state index is -3.69. The fraction of sp³-hybridized carbons (Fsp3) is 0.300. The molecule has 17 heavy (non-hydrogen) atoms. The third kappa shape index (κ3) is 4.92. The van der Waals surface area contributed by atoms with Crippen LogP contribution < -0.4 is 4.72 Å². The molecule has 0 aliphatic rings. The van der Waals surface area contributed by atoms with E-state index in [-0.39, 0.29) is 12.1 Å². The molecule has 0 spiro atoms. The highest BCUT2D eigenvalue weighted by Gasteiger charge is 2.13. The molecule has 0 radical (unpaired) electrons. The predicted molar refractivity (Wildman–Crippen MR) is 59.3 cm³/mol. The van der Waals surface area contributed by atoms with E-state index in [9.17, 15) is 17.6 Å². The van der Waals surface area contributed by atoms with Gasteiger partial charge in [0.2, 0.25) is 10.0 Å². The number of hydrogen-bond acceptors (Lipinski definition) is 3. The van der Waals surface area contributed by atoms with Crippen LogP contribution in [0.5, 0.6) is 0 Å². The van der Waals surface area contributed by atoms with Crippen LogP contribution in [0.15, 0.2) is 24.3 Å². The summed E-state index contributed by atoms with van der Waals surface area (Å²) in [6.45, 7) is -0.186. The summed E-state index contributed by atoms with van der Waals surface area (Å²) in [5.74, 6) is -2.22. The third-order valence-corrected chi connectivity index (χ3v) is 3.35. The van der Waals surface area contributed by atoms with Gasteiger partial charge in [-0.1, -0.05) is 18.2 Å². The summed E-state index contributed by atoms with van der Waals surface area (Å²) in [4.78, 5) is 10.2. The number of aliphatic carboxylic acids is 1. The highest BCUT2D eigenvalue weighted by atomic mass is 32.2. The zero-order chi connectivity index (χ0) is 12.9. The molecule has 0 aromatic heterocycles. The molecule has 0 saturated heterocycles. The van der Waals surface area contributed by atoms with E-state index in [1.807, 2.05) is 0 Å². The van der Waals surface area contributed by atoms with Gasteiger partial charge in [-0.05, 0) is 6.07 Å². The van der Waals surface area contributed by atoms with Gasteiger partial charge < -0.3 is 5.11 Å². The van der Waals surface area contributed by atoms with Crippen molar-refractivity contribution in [2.45, 2.75) is 13.0 Å². The van der Waals surface area contributed by atoms with E-state index in [0.29, 0.717) is 0 Å². The van der Waals surface area contributed by atoms with Crippen molar-refractivity contribution >= 4 is 16.0 Å². The maximum Gasteiger partial charge on any atom is 0.304 e. The lowest BCUT2D eigenvalue weighted by atomic mass is 10.2. The zero-order valence-corrected chi connectivity index (χ0v) is 9.71. The number of carboxylic acids is 1. The second kappa shape index (κ2) is 5.74. The smallest absolute Gasteiger partial charge is 0.304 e. The molecule has 0 unspecified atom stereocenters. The number of rotatable bonds is 6. The maximum atomic E-state index is 13.1. The van der Waals surface area contributed by atoms with Crippen LogP contribution in [0.3, 0.4) is 0 Å². The zero-order valence-electron chi connectivity index (χ0n) is 8.89. The Labute approximate surface area is 98.3 Å². The van der Waals surface area contributed by atoms with Crippen LogP contribution in [0.4, 0.5) is 4.39 Å². The number of carboxylic acid groups (broad SMARTS) is 1. The van der Waals surface area contributed by atoms with Crippen molar-refractivity contribution in [3.8, 4) is 0 Å². The van der Waals surface area contributed by atoms with Crippen molar-refractivity contribution in [2.75, 3.05) is 5.75 Å². The molecular formula is C10H12FNO4S. The standard InChI is InChI=1S/C10H12FNO4S/c11-9-4-2-1-3-8(9)7-12-17(15,16)6-5-10(13)14/h1-4,12H,5-7H2,(H,13,14). The van der Waals surface area contributed by atoms with Crippen LogP contribution >= 0.6 is 0 Å². The summed E-state index contributed by atoms with van der Waals surface area (Å²) in [6.07, 6.45) is -0.480. The summed E-state index contributed by atoms with van der Waals surface area (Å²) in [6, 6.07) is 5.76. The highest BCUT2D eigenvalue weighted by Crippen LogP contribution is 2.06. The van der Waals surface area contributed by atoms with Crippen LogP contribution in [-0.2, 0) is 21.4 Å². The first-order valence-electron chi connectivity index (χ1n) is 4.83. The SMILES string of the molecule is O=C(O)CCS(=O)(=O)NCc1ccccc1F. The van der Waals surface area contributed by atoms with Gasteiger partial charge in [0.05, 0.1) is 12.2 Å². The summed E-state index contributed by atoms with van der Waals surface area (Å²) in [5.41, 5.74) is 0.214. The van der Waals surface area contributed by atoms with Gasteiger partial charge in [0.25, 0.3) is 0 Å². The van der Waals surface area contributed by atoms with E-state index in [4.69, 9.17) is 5.11 Å². The molecule has 5 nitrogen and oxygen atoms in total. The van der Waals surface area contributed by atoms with Crippen LogP contribution in [0.2, 0.25) is 0 Å². The van der Waals surface area contributed by atoms with Crippen molar-refractivity contribution in [3.63, 3.8) is 0 Å². The monoisotopic (exact) mass is 261 g/mol. The van der Waals surface area contributed by atoms with Gasteiger partial charge in [0.15, 0.2) is 0 Å². The Morgan fingerprint density at radius 2 is 2.00 bits per heavy atom. The summed E-state index contributed by atoms with van der Waals surface area (Å²) in [7, 11) is -3.69. The fourth-order valence-electron chi connectivity index (χ4n) is 1.12. The lowest BCUT2D eigenvalue weighted by Gasteiger charge is -2.06. The summed E-state index contributed by atoms with van der Waals surface area (Å²) < 4.78 is 37.9. The predicted octanol–water partition coefficient (Wildman–Crippen LogP) is 0.720. The summed E-state index contributed by atoms with van der Waals surface area (Å²) >= 11 is 0. The molecule has 1 rings (SSSR count). The number of sulfonamides is 1. The van der Waals surface area contributed by atoms with E-state index in [0.717, 1.165) is 0 Å². The molecule has 0 amide bonds. The lowest BCUT2D eigenvalue weighted by molar-refractivity contribution is -0.136. The first kappa shape index (κ1) is 13.6. The van der Waals surface area contributed by atoms with E-state index in [1.165, 1.54) is 18.2 Å². The molecule has 1 aromatic rings. The Morgan fingerprint density at radius 3 is 2.59 bits per heavy atom. The van der Waals surface area contributed by atoms with Crippen LogP contribution in [0, 0.1) is 5.82 Å². The second-order valence-corrected chi connectivity index (χ2v) is 5.30. The van der Waals surface area contributed by atoms with E-state index in [1.54, 1.807) is 6.07 Å². The van der Waals surface area contributed by atoms with Crippen molar-refractivity contribution in [1.29, 1.82) is 0 Å². The van der Waals surface area contributed by atoms with Crippen LogP contribution in [0.25, 0.3) is 0 Å². The van der Waals surface area contributed by atoms with E-state index >= 15 is 0 Å². The first-order valence-corrected chi connectivity index (χ1v) is 6.48. The Kier molecular flexibility index (Phi) is 4.59. The molecule has 1 aromatic carbocycles. The van der Waals surface area contributed by atoms with Crippen molar-refractivity contribution in [2.24, 2.45) is 0 Å². The normalized spacial score (nSPS) is 11.4. The minimum Gasteiger partial charge on any atom is -0.481 e. The van der Waals surface area contributed by atoms with Crippen molar-refractivity contribution < 1.29 is 22.7 Å².